The van der Waals surface area contributed by atoms with E-state index in [2.05, 4.69) is 5.32 Å². The molecule has 2 heterocycles. The first-order valence-corrected chi connectivity index (χ1v) is 14.0. The van der Waals surface area contributed by atoms with Gasteiger partial charge in [0.1, 0.15) is 10.8 Å². The van der Waals surface area contributed by atoms with Gasteiger partial charge in [0.2, 0.25) is 5.91 Å². The molecule has 1 aliphatic carbocycles. The van der Waals surface area contributed by atoms with E-state index in [4.69, 9.17) is 9.72 Å². The molecule has 1 saturated carbocycles. The first kappa shape index (κ1) is 24.0. The molecule has 1 amide bonds. The van der Waals surface area contributed by atoms with Gasteiger partial charge in [-0.2, -0.15) is 0 Å². The summed E-state index contributed by atoms with van der Waals surface area (Å²) in [5.74, 6) is 1.05. The number of aryl methyl sites for hydroxylation is 1. The van der Waals surface area contributed by atoms with E-state index in [0.29, 0.717) is 22.7 Å². The van der Waals surface area contributed by atoms with Gasteiger partial charge in [0.25, 0.3) is 5.56 Å². The molecule has 0 bridgehead atoms. The number of nitrogens with zero attached hydrogens (tertiary/aromatic N) is 2. The number of thioether (sulfide) groups is 2. The van der Waals surface area contributed by atoms with Crippen LogP contribution in [-0.4, -0.2) is 33.1 Å². The summed E-state index contributed by atoms with van der Waals surface area (Å²) in [7, 11) is 0. The van der Waals surface area contributed by atoms with Crippen LogP contribution in [0.3, 0.4) is 0 Å². The predicted molar refractivity (Wildman–Crippen MR) is 142 cm³/mol. The molecule has 1 fully saturated rings. The molecular formula is C27H29N3O3S2. The molecule has 1 aromatic heterocycles. The Labute approximate surface area is 213 Å². The lowest BCUT2D eigenvalue weighted by atomic mass is 9.85. The van der Waals surface area contributed by atoms with Crippen molar-refractivity contribution in [2.24, 2.45) is 0 Å². The first-order valence-electron chi connectivity index (χ1n) is 12.1. The van der Waals surface area contributed by atoms with Gasteiger partial charge in [0.05, 0.1) is 23.6 Å². The molecule has 2 aliphatic rings. The van der Waals surface area contributed by atoms with E-state index < -0.39 is 0 Å². The van der Waals surface area contributed by atoms with Crippen LogP contribution in [0, 0.1) is 6.92 Å². The van der Waals surface area contributed by atoms with Gasteiger partial charge in [-0.25, -0.2) is 4.98 Å². The van der Waals surface area contributed by atoms with Gasteiger partial charge in [0, 0.05) is 16.9 Å². The molecule has 0 saturated heterocycles. The van der Waals surface area contributed by atoms with Crippen molar-refractivity contribution in [3.05, 3.63) is 70.0 Å². The van der Waals surface area contributed by atoms with E-state index in [1.165, 1.54) is 18.2 Å². The average molecular weight is 508 g/mol. The van der Waals surface area contributed by atoms with Crippen molar-refractivity contribution in [3.63, 3.8) is 0 Å². The minimum Gasteiger partial charge on any atom is -0.494 e. The summed E-state index contributed by atoms with van der Waals surface area (Å²) in [5.41, 5.74) is 3.45. The lowest BCUT2D eigenvalue weighted by Gasteiger charge is -2.24. The maximum absolute atomic E-state index is 13.9. The van der Waals surface area contributed by atoms with Crippen LogP contribution in [0.4, 0.5) is 5.69 Å². The standard InChI is InChI=1S/C27H29N3O3S2/c1-3-33-20-13-11-18(12-14-20)28-23(31)16-34-27-29-25-24(21-9-4-5-10-22(21)35-25)26(32)30(27)19-8-6-7-17(2)15-19/h6-8,11-15,21-22H,3-5,9-10,16H2,1-2H3,(H,28,31)/t21-,22-/m1/s1. The zero-order valence-corrected chi connectivity index (χ0v) is 21.6. The monoisotopic (exact) mass is 507 g/mol. The molecule has 182 valence electrons. The van der Waals surface area contributed by atoms with E-state index in [1.807, 2.05) is 62.4 Å². The fourth-order valence-electron chi connectivity index (χ4n) is 4.83. The Hall–Kier alpha value is -2.71. The first-order chi connectivity index (χ1) is 17.0. The average Bonchev–Trinajstić information content (AvgIpc) is 3.23. The van der Waals surface area contributed by atoms with E-state index in [-0.39, 0.29) is 23.1 Å². The molecule has 5 rings (SSSR count). The van der Waals surface area contributed by atoms with E-state index in [9.17, 15) is 9.59 Å². The topological polar surface area (TPSA) is 73.2 Å². The van der Waals surface area contributed by atoms with Gasteiger partial charge < -0.3 is 10.1 Å². The Morgan fingerprint density at radius 2 is 2.00 bits per heavy atom. The number of benzene rings is 2. The van der Waals surface area contributed by atoms with Crippen LogP contribution < -0.4 is 15.6 Å². The predicted octanol–water partition coefficient (Wildman–Crippen LogP) is 5.80. The number of carbonyl (C=O) groups is 1. The maximum atomic E-state index is 13.9. The van der Waals surface area contributed by atoms with Crippen LogP contribution in [0.25, 0.3) is 5.69 Å². The quantitative estimate of drug-likeness (QED) is 0.247. The molecule has 0 unspecified atom stereocenters. The third kappa shape index (κ3) is 5.14. The van der Waals surface area contributed by atoms with Crippen LogP contribution in [0.15, 0.2) is 63.5 Å². The number of nitrogens with one attached hydrogen (secondary N) is 1. The summed E-state index contributed by atoms with van der Waals surface area (Å²) >= 11 is 3.05. The number of hydrogen-bond acceptors (Lipinski definition) is 6. The lowest BCUT2D eigenvalue weighted by molar-refractivity contribution is -0.113. The van der Waals surface area contributed by atoms with Crippen molar-refractivity contribution in [3.8, 4) is 11.4 Å². The van der Waals surface area contributed by atoms with Crippen LogP contribution in [0.5, 0.6) is 5.75 Å². The number of fused-ring (bicyclic) bond motifs is 3. The van der Waals surface area contributed by atoms with E-state index >= 15 is 0 Å². The third-order valence-electron chi connectivity index (χ3n) is 6.43. The summed E-state index contributed by atoms with van der Waals surface area (Å²) in [6, 6.07) is 15.2. The highest BCUT2D eigenvalue weighted by Crippen LogP contribution is 2.50. The Morgan fingerprint density at radius 3 is 2.77 bits per heavy atom. The molecule has 35 heavy (non-hydrogen) atoms. The summed E-state index contributed by atoms with van der Waals surface area (Å²) in [4.78, 5) is 31.5. The Morgan fingerprint density at radius 1 is 1.20 bits per heavy atom. The van der Waals surface area contributed by atoms with Crippen molar-refractivity contribution in [2.45, 2.75) is 60.9 Å². The van der Waals surface area contributed by atoms with E-state index in [1.54, 1.807) is 16.3 Å². The molecule has 0 radical (unpaired) electrons. The Balaban J connectivity index is 1.41. The number of aromatic nitrogens is 2. The molecule has 1 N–H and O–H groups in total. The van der Waals surface area contributed by atoms with Gasteiger partial charge >= 0.3 is 0 Å². The number of amides is 1. The normalized spacial score (nSPS) is 18.6. The number of rotatable bonds is 7. The van der Waals surface area contributed by atoms with Crippen LogP contribution in [0.1, 0.15) is 49.7 Å². The summed E-state index contributed by atoms with van der Waals surface area (Å²) < 4.78 is 7.16. The number of carbonyl (C=O) groups excluding carboxylic acids is 1. The van der Waals surface area contributed by atoms with Crippen molar-refractivity contribution in [1.29, 1.82) is 0 Å². The zero-order valence-electron chi connectivity index (χ0n) is 20.0. The van der Waals surface area contributed by atoms with Crippen LogP contribution in [-0.2, 0) is 4.79 Å². The van der Waals surface area contributed by atoms with Gasteiger partial charge in [-0.15, -0.1) is 11.8 Å². The van der Waals surface area contributed by atoms with Crippen molar-refractivity contribution in [2.75, 3.05) is 17.7 Å². The second-order valence-corrected chi connectivity index (χ2v) is 11.1. The summed E-state index contributed by atoms with van der Waals surface area (Å²) in [5, 5.41) is 4.77. The zero-order chi connectivity index (χ0) is 24.4. The number of ether oxygens (including phenoxy) is 1. The highest BCUT2D eigenvalue weighted by molar-refractivity contribution is 8.00. The molecule has 3 aromatic rings. The lowest BCUT2D eigenvalue weighted by Crippen LogP contribution is -2.29. The van der Waals surface area contributed by atoms with Crippen molar-refractivity contribution < 1.29 is 9.53 Å². The van der Waals surface area contributed by atoms with Crippen LogP contribution >= 0.6 is 23.5 Å². The van der Waals surface area contributed by atoms with E-state index in [0.717, 1.165) is 46.9 Å². The maximum Gasteiger partial charge on any atom is 0.263 e. The van der Waals surface area contributed by atoms with Gasteiger partial charge in [-0.05, 0) is 68.7 Å². The van der Waals surface area contributed by atoms with Crippen molar-refractivity contribution >= 4 is 35.1 Å². The fourth-order valence-corrected chi connectivity index (χ4v) is 7.21. The second-order valence-electron chi connectivity index (χ2n) is 8.93. The Kier molecular flexibility index (Phi) is 7.20. The molecule has 1 aliphatic heterocycles. The van der Waals surface area contributed by atoms with Crippen LogP contribution in [0.2, 0.25) is 0 Å². The highest BCUT2D eigenvalue weighted by Gasteiger charge is 2.39. The molecular weight excluding hydrogens is 478 g/mol. The molecule has 0 spiro atoms. The molecule has 2 atom stereocenters. The molecule has 8 heteroatoms. The largest absolute Gasteiger partial charge is 0.494 e. The minimum absolute atomic E-state index is 0.0110. The van der Waals surface area contributed by atoms with Gasteiger partial charge in [-0.1, -0.05) is 36.7 Å². The fraction of sp³-hybridized carbons (Fsp3) is 0.370. The summed E-state index contributed by atoms with van der Waals surface area (Å²) in [6.45, 7) is 4.54. The minimum atomic E-state index is -0.147. The van der Waals surface area contributed by atoms with Crippen molar-refractivity contribution in [1.82, 2.24) is 9.55 Å². The molecule has 6 nitrogen and oxygen atoms in total. The molecule has 2 aromatic carbocycles. The second kappa shape index (κ2) is 10.5. The SMILES string of the molecule is CCOc1ccc(NC(=O)CSc2nc3c(c(=O)n2-c2cccc(C)c2)[C@@H]2CCCC[C@H]2S3)cc1. The third-order valence-corrected chi connectivity index (χ3v) is 8.77. The van der Waals surface area contributed by atoms with Gasteiger partial charge in [-0.3, -0.25) is 14.2 Å². The number of anilines is 1. The number of hydrogen-bond donors (Lipinski definition) is 1. The van der Waals surface area contributed by atoms with Gasteiger partial charge in [0.15, 0.2) is 5.16 Å². The summed E-state index contributed by atoms with van der Waals surface area (Å²) in [6.07, 6.45) is 4.55. The highest BCUT2D eigenvalue weighted by atomic mass is 32.2. The Bertz CT molecular complexity index is 1290. The smallest absolute Gasteiger partial charge is 0.263 e.